The van der Waals surface area contributed by atoms with Gasteiger partial charge in [-0.25, -0.2) is 13.8 Å². The smallest absolute Gasteiger partial charge is 0.280 e. The summed E-state index contributed by atoms with van der Waals surface area (Å²) >= 11 is 0. The van der Waals surface area contributed by atoms with Gasteiger partial charge >= 0.3 is 0 Å². The fraction of sp³-hybridized carbons (Fsp3) is 0.308. The SMILES string of the molecule is COc1nc2ccccc2cc1C(F)(F)CCO. The lowest BCUT2D eigenvalue weighted by atomic mass is 10.0. The van der Waals surface area contributed by atoms with Gasteiger partial charge in [-0.3, -0.25) is 0 Å². The summed E-state index contributed by atoms with van der Waals surface area (Å²) in [5, 5.41) is 9.32. The van der Waals surface area contributed by atoms with Gasteiger partial charge in [0.25, 0.3) is 5.92 Å². The van der Waals surface area contributed by atoms with Crippen molar-refractivity contribution in [1.82, 2.24) is 4.98 Å². The zero-order valence-electron chi connectivity index (χ0n) is 9.86. The molecule has 1 heterocycles. The second-order valence-corrected chi connectivity index (χ2v) is 3.92. The predicted molar refractivity (Wildman–Crippen MR) is 63.9 cm³/mol. The molecule has 0 bridgehead atoms. The summed E-state index contributed by atoms with van der Waals surface area (Å²) in [6, 6.07) is 8.33. The Balaban J connectivity index is 2.61. The number of benzene rings is 1. The average molecular weight is 253 g/mol. The summed E-state index contributed by atoms with van der Waals surface area (Å²) in [5.74, 6) is -3.26. The van der Waals surface area contributed by atoms with Crippen LogP contribution in [-0.2, 0) is 5.92 Å². The van der Waals surface area contributed by atoms with Crippen LogP contribution in [0.3, 0.4) is 0 Å². The maximum Gasteiger partial charge on any atom is 0.280 e. The van der Waals surface area contributed by atoms with Gasteiger partial charge in [0.1, 0.15) is 0 Å². The number of hydrogen-bond acceptors (Lipinski definition) is 3. The van der Waals surface area contributed by atoms with E-state index < -0.39 is 19.0 Å². The molecule has 0 fully saturated rings. The van der Waals surface area contributed by atoms with Gasteiger partial charge in [0.05, 0.1) is 18.2 Å². The first-order valence-corrected chi connectivity index (χ1v) is 5.51. The van der Waals surface area contributed by atoms with Gasteiger partial charge in [-0.1, -0.05) is 18.2 Å². The van der Waals surface area contributed by atoms with Crippen LogP contribution in [0.5, 0.6) is 5.88 Å². The molecule has 0 saturated heterocycles. The monoisotopic (exact) mass is 253 g/mol. The fourth-order valence-corrected chi connectivity index (χ4v) is 1.79. The second-order valence-electron chi connectivity index (χ2n) is 3.92. The Kier molecular flexibility index (Phi) is 3.43. The highest BCUT2D eigenvalue weighted by atomic mass is 19.3. The van der Waals surface area contributed by atoms with Crippen LogP contribution in [0.1, 0.15) is 12.0 Å². The van der Waals surface area contributed by atoms with Crippen molar-refractivity contribution >= 4 is 10.9 Å². The van der Waals surface area contributed by atoms with E-state index in [4.69, 9.17) is 9.84 Å². The Labute approximate surface area is 103 Å². The quantitative estimate of drug-likeness (QED) is 0.911. The van der Waals surface area contributed by atoms with Gasteiger partial charge in [-0.15, -0.1) is 0 Å². The summed E-state index contributed by atoms with van der Waals surface area (Å²) in [6.07, 6.45) is -0.649. The third kappa shape index (κ3) is 2.26. The molecule has 2 rings (SSSR count). The molecule has 18 heavy (non-hydrogen) atoms. The highest BCUT2D eigenvalue weighted by molar-refractivity contribution is 5.80. The number of fused-ring (bicyclic) bond motifs is 1. The molecule has 0 atom stereocenters. The Bertz CT molecular complexity index is 558. The number of alkyl halides is 2. The van der Waals surface area contributed by atoms with E-state index in [1.807, 2.05) is 0 Å². The normalized spacial score (nSPS) is 11.8. The van der Waals surface area contributed by atoms with Crippen LogP contribution in [0, 0.1) is 0 Å². The van der Waals surface area contributed by atoms with Crippen LogP contribution >= 0.6 is 0 Å². The number of aliphatic hydroxyl groups excluding tert-OH is 1. The van der Waals surface area contributed by atoms with Gasteiger partial charge in [-0.05, 0) is 12.1 Å². The molecule has 0 aliphatic rings. The zero-order valence-corrected chi connectivity index (χ0v) is 9.86. The minimum Gasteiger partial charge on any atom is -0.481 e. The van der Waals surface area contributed by atoms with Crippen LogP contribution < -0.4 is 4.74 Å². The van der Waals surface area contributed by atoms with Crippen molar-refractivity contribution in [1.29, 1.82) is 0 Å². The van der Waals surface area contributed by atoms with Crippen molar-refractivity contribution in [2.24, 2.45) is 0 Å². The van der Waals surface area contributed by atoms with Crippen LogP contribution in [-0.4, -0.2) is 23.8 Å². The summed E-state index contributed by atoms with van der Waals surface area (Å²) < 4.78 is 32.6. The zero-order chi connectivity index (χ0) is 13.2. The van der Waals surface area contributed by atoms with E-state index in [1.165, 1.54) is 13.2 Å². The van der Waals surface area contributed by atoms with E-state index in [0.717, 1.165) is 0 Å². The lowest BCUT2D eigenvalue weighted by Gasteiger charge is -2.18. The van der Waals surface area contributed by atoms with Gasteiger partial charge in [0.2, 0.25) is 5.88 Å². The van der Waals surface area contributed by atoms with E-state index >= 15 is 0 Å². The summed E-state index contributed by atoms with van der Waals surface area (Å²) in [5.41, 5.74) is 0.302. The standard InChI is InChI=1S/C13H13F2NO2/c1-18-12-10(13(14,15)6-7-17)8-9-4-2-3-5-11(9)16-12/h2-5,8,17H,6-7H2,1H3. The molecule has 0 unspecified atom stereocenters. The molecule has 0 spiro atoms. The van der Waals surface area contributed by atoms with E-state index in [2.05, 4.69) is 4.98 Å². The molecule has 0 radical (unpaired) electrons. The van der Waals surface area contributed by atoms with Gasteiger partial charge in [0, 0.05) is 18.4 Å². The summed E-state index contributed by atoms with van der Waals surface area (Å²) in [4.78, 5) is 4.06. The van der Waals surface area contributed by atoms with Crippen molar-refractivity contribution in [3.05, 3.63) is 35.9 Å². The largest absolute Gasteiger partial charge is 0.481 e. The van der Waals surface area contributed by atoms with Crippen LogP contribution in [0.4, 0.5) is 8.78 Å². The number of aromatic nitrogens is 1. The maximum atomic E-state index is 13.9. The second kappa shape index (κ2) is 4.86. The van der Waals surface area contributed by atoms with E-state index in [-0.39, 0.29) is 11.4 Å². The molecule has 96 valence electrons. The Morgan fingerprint density at radius 3 is 2.72 bits per heavy atom. The van der Waals surface area contributed by atoms with Crippen molar-refractivity contribution in [2.45, 2.75) is 12.3 Å². The Morgan fingerprint density at radius 2 is 2.06 bits per heavy atom. The molecule has 0 aliphatic carbocycles. The third-order valence-electron chi connectivity index (χ3n) is 2.70. The number of nitrogens with zero attached hydrogens (tertiary/aromatic N) is 1. The number of methoxy groups -OCH3 is 1. The first kappa shape index (κ1) is 12.7. The molecule has 1 aromatic heterocycles. The number of aliphatic hydroxyl groups is 1. The highest BCUT2D eigenvalue weighted by Crippen LogP contribution is 2.38. The number of ether oxygens (including phenoxy) is 1. The molecule has 0 amide bonds. The minimum atomic E-state index is -3.16. The minimum absolute atomic E-state index is 0.104. The fourth-order valence-electron chi connectivity index (χ4n) is 1.79. The summed E-state index contributed by atoms with van der Waals surface area (Å²) in [7, 11) is 1.30. The van der Waals surface area contributed by atoms with E-state index in [0.29, 0.717) is 10.9 Å². The van der Waals surface area contributed by atoms with Crippen LogP contribution in [0.25, 0.3) is 10.9 Å². The first-order valence-electron chi connectivity index (χ1n) is 5.51. The number of para-hydroxylation sites is 1. The van der Waals surface area contributed by atoms with Crippen molar-refractivity contribution < 1.29 is 18.6 Å². The molecule has 5 heteroatoms. The number of pyridine rings is 1. The predicted octanol–water partition coefficient (Wildman–Crippen LogP) is 2.72. The number of rotatable bonds is 4. The summed E-state index contributed by atoms with van der Waals surface area (Å²) in [6.45, 7) is -0.594. The molecular formula is C13H13F2NO2. The van der Waals surface area contributed by atoms with Gasteiger partial charge in [-0.2, -0.15) is 0 Å². The lowest BCUT2D eigenvalue weighted by Crippen LogP contribution is -2.17. The third-order valence-corrected chi connectivity index (χ3v) is 2.70. The number of hydrogen-bond donors (Lipinski definition) is 1. The Morgan fingerprint density at radius 1 is 1.33 bits per heavy atom. The maximum absolute atomic E-state index is 13.9. The van der Waals surface area contributed by atoms with Crippen LogP contribution in [0.2, 0.25) is 0 Å². The molecular weight excluding hydrogens is 240 g/mol. The molecule has 0 aliphatic heterocycles. The molecule has 1 N–H and O–H groups in total. The molecule has 0 saturated carbocycles. The van der Waals surface area contributed by atoms with Gasteiger partial charge in [0.15, 0.2) is 0 Å². The highest BCUT2D eigenvalue weighted by Gasteiger charge is 2.35. The number of halogens is 2. The van der Waals surface area contributed by atoms with Crippen LogP contribution in [0.15, 0.2) is 30.3 Å². The Hall–Kier alpha value is -1.75. The lowest BCUT2D eigenvalue weighted by molar-refractivity contribution is -0.0290. The van der Waals surface area contributed by atoms with Gasteiger partial charge < -0.3 is 9.84 Å². The molecule has 3 nitrogen and oxygen atoms in total. The van der Waals surface area contributed by atoms with E-state index in [9.17, 15) is 8.78 Å². The van der Waals surface area contributed by atoms with Crippen molar-refractivity contribution in [3.63, 3.8) is 0 Å². The molecule has 2 aromatic rings. The molecule has 1 aromatic carbocycles. The average Bonchev–Trinajstić information content (AvgIpc) is 2.37. The van der Waals surface area contributed by atoms with E-state index in [1.54, 1.807) is 24.3 Å². The first-order chi connectivity index (χ1) is 8.58. The topological polar surface area (TPSA) is 42.4 Å². The van der Waals surface area contributed by atoms with Crippen molar-refractivity contribution in [3.8, 4) is 5.88 Å². The van der Waals surface area contributed by atoms with Crippen molar-refractivity contribution in [2.75, 3.05) is 13.7 Å².